The molecule has 0 spiro atoms. The second kappa shape index (κ2) is 7.44. The van der Waals surface area contributed by atoms with E-state index in [1.807, 2.05) is 24.3 Å². The normalized spacial score (nSPS) is 10.4. The van der Waals surface area contributed by atoms with Gasteiger partial charge in [-0.25, -0.2) is 4.98 Å². The molecule has 3 N–H and O–H groups in total. The van der Waals surface area contributed by atoms with E-state index < -0.39 is 0 Å². The molecule has 0 aliphatic rings. The van der Waals surface area contributed by atoms with Crippen LogP contribution in [0.5, 0.6) is 5.75 Å². The molecule has 6 nitrogen and oxygen atoms in total. The van der Waals surface area contributed by atoms with E-state index in [2.05, 4.69) is 10.3 Å². The van der Waals surface area contributed by atoms with Crippen molar-refractivity contribution in [3.63, 3.8) is 0 Å². The van der Waals surface area contributed by atoms with Crippen LogP contribution in [0.1, 0.15) is 21.9 Å². The van der Waals surface area contributed by atoms with Crippen molar-refractivity contribution in [2.24, 2.45) is 5.73 Å². The molecule has 6 heteroatoms. The molecule has 1 amide bonds. The monoisotopic (exact) mass is 289 g/mol. The van der Waals surface area contributed by atoms with Gasteiger partial charge in [0.2, 0.25) is 0 Å². The Labute approximate surface area is 123 Å². The topological polar surface area (TPSA) is 90.4 Å². The number of aromatic nitrogens is 1. The van der Waals surface area contributed by atoms with Crippen molar-refractivity contribution in [1.29, 1.82) is 0 Å². The number of amides is 1. The standard InChI is InChI=1S/C15H19N3O3/c1-20-12-4-2-11(3-5-12)7-9-17-15(19)13-10-21-14(18-13)6-8-16/h2-5,10H,6-9,16H2,1H3,(H,17,19). The van der Waals surface area contributed by atoms with Crippen LogP contribution in [-0.2, 0) is 12.8 Å². The van der Waals surface area contributed by atoms with Crippen molar-refractivity contribution in [2.45, 2.75) is 12.8 Å². The van der Waals surface area contributed by atoms with E-state index >= 15 is 0 Å². The van der Waals surface area contributed by atoms with E-state index in [1.165, 1.54) is 6.26 Å². The predicted octanol–water partition coefficient (Wildman–Crippen LogP) is 1.16. The number of rotatable bonds is 7. The number of carbonyl (C=O) groups excluding carboxylic acids is 1. The Morgan fingerprint density at radius 1 is 1.33 bits per heavy atom. The summed E-state index contributed by atoms with van der Waals surface area (Å²) in [6.45, 7) is 0.975. The van der Waals surface area contributed by atoms with Gasteiger partial charge >= 0.3 is 0 Å². The molecular weight excluding hydrogens is 270 g/mol. The Balaban J connectivity index is 1.80. The number of nitrogens with zero attached hydrogens (tertiary/aromatic N) is 1. The van der Waals surface area contributed by atoms with E-state index in [-0.39, 0.29) is 11.6 Å². The number of nitrogens with two attached hydrogens (primary N) is 1. The van der Waals surface area contributed by atoms with E-state index in [0.717, 1.165) is 17.7 Å². The van der Waals surface area contributed by atoms with Crippen molar-refractivity contribution in [1.82, 2.24) is 10.3 Å². The van der Waals surface area contributed by atoms with Gasteiger partial charge in [-0.15, -0.1) is 0 Å². The molecule has 0 aliphatic carbocycles. The van der Waals surface area contributed by atoms with Gasteiger partial charge in [-0.2, -0.15) is 0 Å². The molecule has 112 valence electrons. The first-order chi connectivity index (χ1) is 10.2. The van der Waals surface area contributed by atoms with Crippen LogP contribution in [0.25, 0.3) is 0 Å². The van der Waals surface area contributed by atoms with Crippen molar-refractivity contribution in [3.8, 4) is 5.75 Å². The van der Waals surface area contributed by atoms with E-state index in [4.69, 9.17) is 14.9 Å². The number of ether oxygens (including phenoxy) is 1. The third kappa shape index (κ3) is 4.32. The lowest BCUT2D eigenvalue weighted by molar-refractivity contribution is 0.0949. The maximum absolute atomic E-state index is 11.9. The SMILES string of the molecule is COc1ccc(CCNC(=O)c2coc(CCN)n2)cc1. The van der Waals surface area contributed by atoms with Gasteiger partial charge in [0.25, 0.3) is 5.91 Å². The quantitative estimate of drug-likeness (QED) is 0.798. The molecule has 1 aromatic carbocycles. The van der Waals surface area contributed by atoms with Gasteiger partial charge in [0.1, 0.15) is 12.0 Å². The van der Waals surface area contributed by atoms with Gasteiger partial charge in [-0.05, 0) is 24.1 Å². The summed E-state index contributed by atoms with van der Waals surface area (Å²) in [4.78, 5) is 15.9. The molecule has 2 aromatic rings. The number of oxazole rings is 1. The minimum absolute atomic E-state index is 0.240. The lowest BCUT2D eigenvalue weighted by Crippen LogP contribution is -2.26. The summed E-state index contributed by atoms with van der Waals surface area (Å²) in [5.41, 5.74) is 6.81. The van der Waals surface area contributed by atoms with Crippen LogP contribution in [0.4, 0.5) is 0 Å². The van der Waals surface area contributed by atoms with Crippen LogP contribution in [0.15, 0.2) is 34.9 Å². The minimum atomic E-state index is -0.240. The highest BCUT2D eigenvalue weighted by atomic mass is 16.5. The van der Waals surface area contributed by atoms with E-state index in [9.17, 15) is 4.79 Å². The first kappa shape index (κ1) is 15.1. The molecule has 0 fully saturated rings. The largest absolute Gasteiger partial charge is 0.497 e. The second-order valence-electron chi connectivity index (χ2n) is 4.52. The fourth-order valence-electron chi connectivity index (χ4n) is 1.86. The van der Waals surface area contributed by atoms with E-state index in [0.29, 0.717) is 25.4 Å². The molecule has 1 heterocycles. The smallest absolute Gasteiger partial charge is 0.273 e. The highest BCUT2D eigenvalue weighted by molar-refractivity contribution is 5.91. The Hall–Kier alpha value is -2.34. The number of methoxy groups -OCH3 is 1. The van der Waals surface area contributed by atoms with Crippen LogP contribution in [0, 0.1) is 0 Å². The molecule has 0 saturated heterocycles. The highest BCUT2D eigenvalue weighted by Gasteiger charge is 2.11. The highest BCUT2D eigenvalue weighted by Crippen LogP contribution is 2.11. The predicted molar refractivity (Wildman–Crippen MR) is 78.3 cm³/mol. The molecule has 0 saturated carbocycles. The van der Waals surface area contributed by atoms with Crippen LogP contribution in [0.2, 0.25) is 0 Å². The first-order valence-corrected chi connectivity index (χ1v) is 6.78. The lowest BCUT2D eigenvalue weighted by Gasteiger charge is -2.04. The zero-order chi connectivity index (χ0) is 15.1. The Morgan fingerprint density at radius 2 is 2.10 bits per heavy atom. The molecule has 1 aromatic heterocycles. The summed E-state index contributed by atoms with van der Waals surface area (Å²) < 4.78 is 10.2. The molecule has 0 atom stereocenters. The Bertz CT molecular complexity index is 578. The molecule has 21 heavy (non-hydrogen) atoms. The molecule has 0 radical (unpaired) electrons. The van der Waals surface area contributed by atoms with Gasteiger partial charge in [0.15, 0.2) is 11.6 Å². The number of nitrogens with one attached hydrogen (secondary N) is 1. The fourth-order valence-corrected chi connectivity index (χ4v) is 1.86. The minimum Gasteiger partial charge on any atom is -0.497 e. The summed E-state index contributed by atoms with van der Waals surface area (Å²) in [5.74, 6) is 1.06. The number of carbonyl (C=O) groups is 1. The van der Waals surface area contributed by atoms with Crippen LogP contribution < -0.4 is 15.8 Å². The zero-order valence-electron chi connectivity index (χ0n) is 12.0. The Kier molecular flexibility index (Phi) is 5.34. The average molecular weight is 289 g/mol. The van der Waals surface area contributed by atoms with Gasteiger partial charge in [0, 0.05) is 19.5 Å². The van der Waals surface area contributed by atoms with Gasteiger partial charge in [-0.3, -0.25) is 4.79 Å². The molecular formula is C15H19N3O3. The van der Waals surface area contributed by atoms with Crippen LogP contribution >= 0.6 is 0 Å². The fraction of sp³-hybridized carbons (Fsp3) is 0.333. The Morgan fingerprint density at radius 3 is 2.76 bits per heavy atom. The van der Waals surface area contributed by atoms with Crippen molar-refractivity contribution < 1.29 is 13.9 Å². The molecule has 0 bridgehead atoms. The third-order valence-corrected chi connectivity index (χ3v) is 3.00. The van der Waals surface area contributed by atoms with Crippen LogP contribution in [-0.4, -0.2) is 31.1 Å². The maximum atomic E-state index is 11.9. The van der Waals surface area contributed by atoms with Gasteiger partial charge in [0.05, 0.1) is 7.11 Å². The van der Waals surface area contributed by atoms with Gasteiger partial charge in [-0.1, -0.05) is 12.1 Å². The molecule has 0 unspecified atom stereocenters. The number of hydrogen-bond donors (Lipinski definition) is 2. The van der Waals surface area contributed by atoms with Gasteiger partial charge < -0.3 is 20.2 Å². The van der Waals surface area contributed by atoms with Crippen molar-refractivity contribution >= 4 is 5.91 Å². The first-order valence-electron chi connectivity index (χ1n) is 6.78. The van der Waals surface area contributed by atoms with Crippen molar-refractivity contribution in [3.05, 3.63) is 47.7 Å². The second-order valence-corrected chi connectivity index (χ2v) is 4.52. The summed E-state index contributed by atoms with van der Waals surface area (Å²) in [5, 5.41) is 2.81. The zero-order valence-corrected chi connectivity index (χ0v) is 12.0. The number of benzene rings is 1. The number of hydrogen-bond acceptors (Lipinski definition) is 5. The average Bonchev–Trinajstić information content (AvgIpc) is 2.97. The maximum Gasteiger partial charge on any atom is 0.273 e. The van der Waals surface area contributed by atoms with Crippen molar-refractivity contribution in [2.75, 3.05) is 20.2 Å². The molecule has 2 rings (SSSR count). The summed E-state index contributed by atoms with van der Waals surface area (Å²) in [6, 6.07) is 7.74. The summed E-state index contributed by atoms with van der Waals surface area (Å²) in [6.07, 6.45) is 2.62. The lowest BCUT2D eigenvalue weighted by atomic mass is 10.1. The summed E-state index contributed by atoms with van der Waals surface area (Å²) in [7, 11) is 1.63. The van der Waals surface area contributed by atoms with Crippen LogP contribution in [0.3, 0.4) is 0 Å². The molecule has 0 aliphatic heterocycles. The third-order valence-electron chi connectivity index (χ3n) is 3.00. The summed E-state index contributed by atoms with van der Waals surface area (Å²) >= 11 is 0. The van der Waals surface area contributed by atoms with E-state index in [1.54, 1.807) is 7.11 Å².